The van der Waals surface area contributed by atoms with Crippen LogP contribution in [-0.4, -0.2) is 35.2 Å². The number of hydrogen-bond acceptors (Lipinski definition) is 5. The molecule has 2 fully saturated rings. The second kappa shape index (κ2) is 13.2. The van der Waals surface area contributed by atoms with Gasteiger partial charge in [0.25, 0.3) is 0 Å². The number of hydrogen-bond donors (Lipinski definition) is 1. The van der Waals surface area contributed by atoms with Gasteiger partial charge in [0.15, 0.2) is 6.61 Å². The Labute approximate surface area is 194 Å². The van der Waals surface area contributed by atoms with Crippen molar-refractivity contribution >= 4 is 17.9 Å². The number of rotatable bonds is 6. The summed E-state index contributed by atoms with van der Waals surface area (Å²) in [4.78, 5) is 34.2. The van der Waals surface area contributed by atoms with E-state index in [1.54, 1.807) is 20.8 Å². The van der Waals surface area contributed by atoms with Gasteiger partial charge in [0.05, 0.1) is 11.8 Å². The maximum atomic E-state index is 12.0. The van der Waals surface area contributed by atoms with Crippen molar-refractivity contribution in [3.63, 3.8) is 0 Å². The van der Waals surface area contributed by atoms with Gasteiger partial charge in [0.2, 0.25) is 0 Å². The van der Waals surface area contributed by atoms with E-state index in [0.29, 0.717) is 23.7 Å². The minimum atomic E-state index is -0.597. The molecule has 4 unspecified atom stereocenters. The van der Waals surface area contributed by atoms with Gasteiger partial charge < -0.3 is 14.6 Å². The predicted octanol–water partition coefficient (Wildman–Crippen LogP) is 5.87. The van der Waals surface area contributed by atoms with Crippen LogP contribution in [0, 0.1) is 35.5 Å². The van der Waals surface area contributed by atoms with E-state index >= 15 is 0 Å². The summed E-state index contributed by atoms with van der Waals surface area (Å²) in [6.45, 7) is 13.9. The first-order chi connectivity index (χ1) is 14.8. The molecular weight excluding hydrogens is 408 g/mol. The smallest absolute Gasteiger partial charge is 0.344 e. The number of esters is 2. The maximum absolute atomic E-state index is 12.0. The lowest BCUT2D eigenvalue weighted by molar-refractivity contribution is -0.169. The number of aliphatic carboxylic acids is 1. The highest BCUT2D eigenvalue weighted by molar-refractivity contribution is 5.78. The first-order valence-electron chi connectivity index (χ1n) is 12.4. The maximum Gasteiger partial charge on any atom is 0.344 e. The van der Waals surface area contributed by atoms with Crippen LogP contribution < -0.4 is 0 Å². The third-order valence-electron chi connectivity index (χ3n) is 6.75. The van der Waals surface area contributed by atoms with Gasteiger partial charge in [0.1, 0.15) is 5.60 Å². The molecule has 32 heavy (non-hydrogen) atoms. The van der Waals surface area contributed by atoms with Gasteiger partial charge >= 0.3 is 17.9 Å². The number of carbonyl (C=O) groups is 3. The summed E-state index contributed by atoms with van der Waals surface area (Å²) in [5, 5.41) is 8.84. The lowest BCUT2D eigenvalue weighted by Gasteiger charge is -2.30. The van der Waals surface area contributed by atoms with Gasteiger partial charge in [-0.2, -0.15) is 0 Å². The summed E-state index contributed by atoms with van der Waals surface area (Å²) in [5.74, 6) is 1.01. The van der Waals surface area contributed by atoms with Crippen LogP contribution >= 0.6 is 0 Å². The van der Waals surface area contributed by atoms with Crippen LogP contribution in [0.5, 0.6) is 0 Å². The average Bonchev–Trinajstić information content (AvgIpc) is 2.71. The van der Waals surface area contributed by atoms with Crippen molar-refractivity contribution in [2.45, 2.75) is 105 Å². The molecule has 0 spiro atoms. The molecule has 0 aliphatic heterocycles. The van der Waals surface area contributed by atoms with E-state index < -0.39 is 17.5 Å². The Morgan fingerprint density at radius 1 is 0.844 bits per heavy atom. The third-order valence-corrected chi connectivity index (χ3v) is 6.75. The van der Waals surface area contributed by atoms with Crippen molar-refractivity contribution in [2.24, 2.45) is 35.5 Å². The second-order valence-electron chi connectivity index (χ2n) is 11.3. The van der Waals surface area contributed by atoms with Gasteiger partial charge in [-0.1, -0.05) is 53.4 Å². The summed E-state index contributed by atoms with van der Waals surface area (Å²) in [5.41, 5.74) is -0.545. The normalized spacial score (nSPS) is 26.2. The lowest BCUT2D eigenvalue weighted by Crippen LogP contribution is -2.31. The van der Waals surface area contributed by atoms with Crippen LogP contribution in [0.3, 0.4) is 0 Å². The molecule has 4 atom stereocenters. The zero-order valence-corrected chi connectivity index (χ0v) is 21.3. The van der Waals surface area contributed by atoms with Gasteiger partial charge in [-0.3, -0.25) is 9.59 Å². The summed E-state index contributed by atoms with van der Waals surface area (Å²) < 4.78 is 10.2. The first kappa shape index (κ1) is 28.4. The molecule has 0 saturated heterocycles. The number of carboxylic acids is 1. The molecule has 2 aliphatic carbocycles. The molecule has 0 heterocycles. The van der Waals surface area contributed by atoms with E-state index in [1.807, 2.05) is 0 Å². The predicted molar refractivity (Wildman–Crippen MR) is 125 cm³/mol. The molecule has 0 radical (unpaired) electrons. The summed E-state index contributed by atoms with van der Waals surface area (Å²) >= 11 is 0. The highest BCUT2D eigenvalue weighted by Crippen LogP contribution is 2.34. The van der Waals surface area contributed by atoms with Gasteiger partial charge in [-0.15, -0.1) is 0 Å². The van der Waals surface area contributed by atoms with Crippen LogP contribution in [0.4, 0.5) is 0 Å². The molecule has 0 aromatic heterocycles. The number of ether oxygens (including phenoxy) is 2. The molecule has 0 bridgehead atoms. The Morgan fingerprint density at radius 3 is 1.75 bits per heavy atom. The molecule has 6 nitrogen and oxygen atoms in total. The highest BCUT2D eigenvalue weighted by atomic mass is 16.6. The molecule has 0 aromatic carbocycles. The molecule has 2 saturated carbocycles. The molecule has 0 amide bonds. The van der Waals surface area contributed by atoms with E-state index in [1.165, 1.54) is 12.8 Å². The fraction of sp³-hybridized carbons (Fsp3) is 0.885. The largest absolute Gasteiger partial charge is 0.481 e. The van der Waals surface area contributed by atoms with E-state index in [-0.39, 0.29) is 24.4 Å². The molecule has 186 valence electrons. The van der Waals surface area contributed by atoms with E-state index in [9.17, 15) is 14.4 Å². The zero-order chi connectivity index (χ0) is 24.5. The van der Waals surface area contributed by atoms with Crippen molar-refractivity contribution < 1.29 is 29.0 Å². The SMILES string of the molecule is CC(C)C1CCCC(C(=O)O)C1.CC(C)C1CCCC(C(=O)OCC(=O)OC(C)(C)C)C1. The monoisotopic (exact) mass is 454 g/mol. The molecule has 2 aliphatic rings. The van der Waals surface area contributed by atoms with Crippen molar-refractivity contribution in [1.29, 1.82) is 0 Å². The summed E-state index contributed by atoms with van der Waals surface area (Å²) in [6, 6.07) is 0. The summed E-state index contributed by atoms with van der Waals surface area (Å²) in [6.07, 6.45) is 8.11. The average molecular weight is 455 g/mol. The van der Waals surface area contributed by atoms with Crippen LogP contribution in [0.25, 0.3) is 0 Å². The number of carbonyl (C=O) groups excluding carboxylic acids is 2. The quantitative estimate of drug-likeness (QED) is 0.505. The lowest BCUT2D eigenvalue weighted by atomic mass is 9.76. The van der Waals surface area contributed by atoms with E-state index in [2.05, 4.69) is 27.7 Å². The van der Waals surface area contributed by atoms with Crippen LogP contribution in [-0.2, 0) is 23.9 Å². The van der Waals surface area contributed by atoms with Gasteiger partial charge in [-0.05, 0) is 70.1 Å². The van der Waals surface area contributed by atoms with Crippen molar-refractivity contribution in [3.8, 4) is 0 Å². The standard InChI is InChI=1S/C16H28O4.C10H18O2/c1-11(2)12-7-6-8-13(9-12)15(18)19-10-14(17)20-16(3,4)5;1-7(2)8-4-3-5-9(6-8)10(11)12/h11-13H,6-10H2,1-5H3;7-9H,3-6H2,1-2H3,(H,11,12). The molecule has 0 aromatic rings. The van der Waals surface area contributed by atoms with Gasteiger partial charge in [-0.25, -0.2) is 4.79 Å². The van der Waals surface area contributed by atoms with E-state index in [4.69, 9.17) is 14.6 Å². The van der Waals surface area contributed by atoms with Crippen molar-refractivity contribution in [1.82, 2.24) is 0 Å². The fourth-order valence-corrected chi connectivity index (χ4v) is 4.72. The Bertz CT molecular complexity index is 604. The van der Waals surface area contributed by atoms with Crippen molar-refractivity contribution in [2.75, 3.05) is 6.61 Å². The van der Waals surface area contributed by atoms with Crippen molar-refractivity contribution in [3.05, 3.63) is 0 Å². The highest BCUT2D eigenvalue weighted by Gasteiger charge is 2.30. The summed E-state index contributed by atoms with van der Waals surface area (Å²) in [7, 11) is 0. The molecule has 6 heteroatoms. The van der Waals surface area contributed by atoms with Crippen LogP contribution in [0.1, 0.15) is 99.8 Å². The van der Waals surface area contributed by atoms with E-state index in [0.717, 1.165) is 38.5 Å². The molecule has 2 rings (SSSR count). The van der Waals surface area contributed by atoms with Crippen LogP contribution in [0.2, 0.25) is 0 Å². The fourth-order valence-electron chi connectivity index (χ4n) is 4.72. The Morgan fingerprint density at radius 2 is 1.31 bits per heavy atom. The molecule has 1 N–H and O–H groups in total. The second-order valence-corrected chi connectivity index (χ2v) is 11.3. The minimum absolute atomic E-state index is 0.0569. The third kappa shape index (κ3) is 10.8. The topological polar surface area (TPSA) is 89.9 Å². The minimum Gasteiger partial charge on any atom is -0.481 e. The first-order valence-corrected chi connectivity index (χ1v) is 12.4. The number of carboxylic acid groups (broad SMARTS) is 1. The molecular formula is C26H46O6. The zero-order valence-electron chi connectivity index (χ0n) is 21.3. The van der Waals surface area contributed by atoms with Crippen LogP contribution in [0.15, 0.2) is 0 Å². The van der Waals surface area contributed by atoms with Gasteiger partial charge in [0, 0.05) is 0 Å². The Balaban J connectivity index is 0.000000363. The Hall–Kier alpha value is -1.59. The Kier molecular flexibility index (Phi) is 11.7.